The standard InChI is InChI=1S/C22H23N3OS/c1-13(2)20-24-21-19(17-8-7-14(3)9-18(17)27-21)22(26)25(20)12-16-6-4-5-15(10-16)11-23/h4-6,10,13-14H,7-9,12H2,1-3H3. The summed E-state index contributed by atoms with van der Waals surface area (Å²) < 4.78 is 1.81. The van der Waals surface area contributed by atoms with Crippen LogP contribution in [0.5, 0.6) is 0 Å². The van der Waals surface area contributed by atoms with Crippen molar-refractivity contribution in [3.05, 3.63) is 62.0 Å². The van der Waals surface area contributed by atoms with Gasteiger partial charge in [-0.25, -0.2) is 4.98 Å². The zero-order chi connectivity index (χ0) is 19.1. The first-order valence-corrected chi connectivity index (χ1v) is 10.3. The summed E-state index contributed by atoms with van der Waals surface area (Å²) in [7, 11) is 0. The van der Waals surface area contributed by atoms with Crippen LogP contribution in [0, 0.1) is 17.2 Å². The minimum absolute atomic E-state index is 0.0677. The molecule has 138 valence electrons. The molecule has 0 radical (unpaired) electrons. The molecule has 0 aliphatic heterocycles. The van der Waals surface area contributed by atoms with Crippen LogP contribution >= 0.6 is 11.3 Å². The van der Waals surface area contributed by atoms with Crippen molar-refractivity contribution in [2.24, 2.45) is 5.92 Å². The minimum Gasteiger partial charge on any atom is -0.291 e. The van der Waals surface area contributed by atoms with Crippen molar-refractivity contribution >= 4 is 21.6 Å². The molecule has 0 N–H and O–H groups in total. The molecule has 2 aromatic heterocycles. The Morgan fingerprint density at radius 2 is 2.22 bits per heavy atom. The van der Waals surface area contributed by atoms with Crippen molar-refractivity contribution in [1.29, 1.82) is 5.26 Å². The van der Waals surface area contributed by atoms with E-state index in [1.54, 1.807) is 17.4 Å². The van der Waals surface area contributed by atoms with Crippen molar-refractivity contribution in [1.82, 2.24) is 9.55 Å². The van der Waals surface area contributed by atoms with Gasteiger partial charge in [0.15, 0.2) is 0 Å². The van der Waals surface area contributed by atoms with Gasteiger partial charge in [0.1, 0.15) is 10.7 Å². The molecule has 0 saturated heterocycles. The average molecular weight is 378 g/mol. The summed E-state index contributed by atoms with van der Waals surface area (Å²) in [6.45, 7) is 6.88. The highest BCUT2D eigenvalue weighted by Gasteiger charge is 2.25. The Kier molecular flexibility index (Phi) is 4.61. The summed E-state index contributed by atoms with van der Waals surface area (Å²) in [6.07, 6.45) is 3.16. The molecule has 27 heavy (non-hydrogen) atoms. The quantitative estimate of drug-likeness (QED) is 0.669. The Balaban J connectivity index is 1.90. The van der Waals surface area contributed by atoms with Gasteiger partial charge in [0.05, 0.1) is 23.6 Å². The molecule has 1 aliphatic rings. The second-order valence-corrected chi connectivity index (χ2v) is 8.94. The number of fused-ring (bicyclic) bond motifs is 3. The Morgan fingerprint density at radius 1 is 1.41 bits per heavy atom. The number of thiophene rings is 1. The SMILES string of the molecule is CC1CCc2c(sc3nc(C(C)C)n(Cc4cccc(C#N)c4)c(=O)c23)C1. The first kappa shape index (κ1) is 17.9. The maximum atomic E-state index is 13.5. The summed E-state index contributed by atoms with van der Waals surface area (Å²) in [6, 6.07) is 9.65. The topological polar surface area (TPSA) is 58.7 Å². The van der Waals surface area contributed by atoms with Gasteiger partial charge < -0.3 is 0 Å². The molecule has 5 heteroatoms. The van der Waals surface area contributed by atoms with Gasteiger partial charge in [-0.15, -0.1) is 11.3 Å². The molecule has 0 fully saturated rings. The molecular weight excluding hydrogens is 354 g/mol. The van der Waals surface area contributed by atoms with Gasteiger partial charge in [-0.2, -0.15) is 5.26 Å². The van der Waals surface area contributed by atoms with Crippen molar-refractivity contribution in [2.45, 2.75) is 52.5 Å². The monoisotopic (exact) mass is 377 g/mol. The number of benzene rings is 1. The molecule has 1 unspecified atom stereocenters. The zero-order valence-electron chi connectivity index (χ0n) is 16.0. The van der Waals surface area contributed by atoms with E-state index in [2.05, 4.69) is 26.8 Å². The molecule has 4 nitrogen and oxygen atoms in total. The minimum atomic E-state index is 0.0677. The lowest BCUT2D eigenvalue weighted by Crippen LogP contribution is -2.27. The van der Waals surface area contributed by atoms with Crippen LogP contribution in [0.15, 0.2) is 29.1 Å². The van der Waals surface area contributed by atoms with Gasteiger partial charge in [-0.1, -0.05) is 32.9 Å². The second kappa shape index (κ2) is 6.94. The third-order valence-corrected chi connectivity index (χ3v) is 6.51. The molecule has 0 spiro atoms. The summed E-state index contributed by atoms with van der Waals surface area (Å²) in [5, 5.41) is 9.99. The number of rotatable bonds is 3. The molecular formula is C22H23N3OS. The average Bonchev–Trinajstić information content (AvgIpc) is 3.01. The van der Waals surface area contributed by atoms with Crippen molar-refractivity contribution in [3.8, 4) is 6.07 Å². The number of hydrogen-bond donors (Lipinski definition) is 0. The Hall–Kier alpha value is -2.45. The Labute approximate surface area is 163 Å². The van der Waals surface area contributed by atoms with Crippen LogP contribution in [0.3, 0.4) is 0 Å². The Morgan fingerprint density at radius 3 is 2.96 bits per heavy atom. The van der Waals surface area contributed by atoms with E-state index in [0.29, 0.717) is 18.0 Å². The van der Waals surface area contributed by atoms with Crippen LogP contribution in [0.4, 0.5) is 0 Å². The lowest BCUT2D eigenvalue weighted by atomic mass is 9.89. The predicted octanol–water partition coefficient (Wildman–Crippen LogP) is 4.63. The van der Waals surface area contributed by atoms with Gasteiger partial charge in [0, 0.05) is 10.8 Å². The van der Waals surface area contributed by atoms with E-state index < -0.39 is 0 Å². The zero-order valence-corrected chi connectivity index (χ0v) is 16.8. The lowest BCUT2D eigenvalue weighted by Gasteiger charge is -2.18. The fourth-order valence-corrected chi connectivity index (χ4v) is 5.33. The summed E-state index contributed by atoms with van der Waals surface area (Å²) in [5.41, 5.74) is 2.86. The normalized spacial score (nSPS) is 16.5. The Bertz CT molecular complexity index is 1120. The molecule has 1 atom stereocenters. The molecule has 1 aliphatic carbocycles. The van der Waals surface area contributed by atoms with E-state index in [-0.39, 0.29) is 11.5 Å². The largest absolute Gasteiger partial charge is 0.291 e. The van der Waals surface area contributed by atoms with Crippen LogP contribution in [0.1, 0.15) is 60.5 Å². The molecule has 0 bridgehead atoms. The number of nitriles is 1. The van der Waals surface area contributed by atoms with E-state index in [1.807, 2.05) is 22.8 Å². The van der Waals surface area contributed by atoms with Crippen LogP contribution in [-0.4, -0.2) is 9.55 Å². The van der Waals surface area contributed by atoms with Crippen molar-refractivity contribution in [3.63, 3.8) is 0 Å². The molecule has 3 aromatic rings. The first-order chi connectivity index (χ1) is 13.0. The van der Waals surface area contributed by atoms with Gasteiger partial charge >= 0.3 is 0 Å². The fourth-order valence-electron chi connectivity index (χ4n) is 3.95. The maximum absolute atomic E-state index is 13.5. The second-order valence-electron chi connectivity index (χ2n) is 7.86. The van der Waals surface area contributed by atoms with Gasteiger partial charge in [-0.3, -0.25) is 9.36 Å². The molecule has 4 rings (SSSR count). The molecule has 1 aromatic carbocycles. The third kappa shape index (κ3) is 3.19. The highest BCUT2D eigenvalue weighted by molar-refractivity contribution is 7.18. The molecule has 2 heterocycles. The fraction of sp³-hybridized carbons (Fsp3) is 0.409. The first-order valence-electron chi connectivity index (χ1n) is 9.52. The highest BCUT2D eigenvalue weighted by Crippen LogP contribution is 2.36. The third-order valence-electron chi connectivity index (χ3n) is 5.36. The van der Waals surface area contributed by atoms with E-state index in [9.17, 15) is 4.79 Å². The van der Waals surface area contributed by atoms with Crippen LogP contribution in [0.25, 0.3) is 10.2 Å². The smallest absolute Gasteiger partial charge is 0.262 e. The van der Waals surface area contributed by atoms with Crippen molar-refractivity contribution < 1.29 is 0 Å². The van der Waals surface area contributed by atoms with Crippen LogP contribution < -0.4 is 5.56 Å². The molecule has 0 amide bonds. The van der Waals surface area contributed by atoms with Gasteiger partial charge in [0.2, 0.25) is 0 Å². The maximum Gasteiger partial charge on any atom is 0.262 e. The highest BCUT2D eigenvalue weighted by atomic mass is 32.1. The lowest BCUT2D eigenvalue weighted by molar-refractivity contribution is 0.509. The van der Waals surface area contributed by atoms with E-state index in [1.165, 1.54) is 10.4 Å². The van der Waals surface area contributed by atoms with Crippen LogP contribution in [-0.2, 0) is 19.4 Å². The van der Waals surface area contributed by atoms with Crippen molar-refractivity contribution in [2.75, 3.05) is 0 Å². The number of aromatic nitrogens is 2. The number of aryl methyl sites for hydroxylation is 1. The van der Waals surface area contributed by atoms with E-state index in [4.69, 9.17) is 10.2 Å². The number of hydrogen-bond acceptors (Lipinski definition) is 4. The van der Waals surface area contributed by atoms with Crippen LogP contribution in [0.2, 0.25) is 0 Å². The summed E-state index contributed by atoms with van der Waals surface area (Å²) >= 11 is 1.70. The van der Waals surface area contributed by atoms with Gasteiger partial charge in [0.25, 0.3) is 5.56 Å². The van der Waals surface area contributed by atoms with E-state index in [0.717, 1.165) is 40.9 Å². The number of nitrogens with zero attached hydrogens (tertiary/aromatic N) is 3. The summed E-state index contributed by atoms with van der Waals surface area (Å²) in [5.74, 6) is 1.65. The van der Waals surface area contributed by atoms with Gasteiger partial charge in [-0.05, 0) is 48.4 Å². The predicted molar refractivity (Wildman–Crippen MR) is 109 cm³/mol. The summed E-state index contributed by atoms with van der Waals surface area (Å²) in [4.78, 5) is 20.6. The molecule has 0 saturated carbocycles. The van der Waals surface area contributed by atoms with E-state index >= 15 is 0 Å².